The predicted molar refractivity (Wildman–Crippen MR) is 93.5 cm³/mol. The molecular formula is C16H32N2O3S. The van der Waals surface area contributed by atoms with Crippen LogP contribution < -0.4 is 5.32 Å². The van der Waals surface area contributed by atoms with Crippen molar-refractivity contribution in [1.82, 2.24) is 10.2 Å². The van der Waals surface area contributed by atoms with Gasteiger partial charge in [0, 0.05) is 12.2 Å². The van der Waals surface area contributed by atoms with Gasteiger partial charge < -0.3 is 15.3 Å². The third-order valence-electron chi connectivity index (χ3n) is 3.58. The van der Waals surface area contributed by atoms with Gasteiger partial charge in [-0.25, -0.2) is 4.79 Å². The molecule has 0 aliphatic heterocycles. The number of nitrogens with zero attached hydrogens (tertiary/aromatic N) is 1. The summed E-state index contributed by atoms with van der Waals surface area (Å²) in [6, 6.07) is -0.877. The molecule has 0 bridgehead atoms. The Morgan fingerprint density at radius 2 is 1.50 bits per heavy atom. The van der Waals surface area contributed by atoms with Crippen LogP contribution in [0.25, 0.3) is 0 Å². The molecule has 0 heterocycles. The second-order valence-corrected chi connectivity index (χ2v) is 6.39. The first-order valence-electron chi connectivity index (χ1n) is 8.25. The SMILES string of the molecule is CN(C)CCCCCCCCCCC(=O)NC(CS)C(=O)O. The van der Waals surface area contributed by atoms with E-state index in [1.165, 1.54) is 38.6 Å². The fourth-order valence-corrected chi connectivity index (χ4v) is 2.47. The van der Waals surface area contributed by atoms with E-state index in [1.807, 2.05) is 0 Å². The molecule has 130 valence electrons. The second kappa shape index (κ2) is 13.9. The van der Waals surface area contributed by atoms with E-state index in [0.29, 0.717) is 6.42 Å². The number of hydrogen-bond donors (Lipinski definition) is 3. The zero-order chi connectivity index (χ0) is 16.8. The van der Waals surface area contributed by atoms with Crippen LogP contribution in [0.5, 0.6) is 0 Å². The van der Waals surface area contributed by atoms with E-state index >= 15 is 0 Å². The predicted octanol–water partition coefficient (Wildman–Crippen LogP) is 2.56. The van der Waals surface area contributed by atoms with Crippen LogP contribution in [0.2, 0.25) is 0 Å². The molecule has 0 radical (unpaired) electrons. The van der Waals surface area contributed by atoms with Gasteiger partial charge in [0.25, 0.3) is 0 Å². The molecule has 6 heteroatoms. The highest BCUT2D eigenvalue weighted by atomic mass is 32.1. The molecule has 0 fully saturated rings. The van der Waals surface area contributed by atoms with Crippen molar-refractivity contribution in [1.29, 1.82) is 0 Å². The summed E-state index contributed by atoms with van der Waals surface area (Å²) in [6.07, 6.45) is 9.74. The molecule has 1 atom stereocenters. The minimum absolute atomic E-state index is 0.120. The van der Waals surface area contributed by atoms with Crippen molar-refractivity contribution in [2.75, 3.05) is 26.4 Å². The normalized spacial score (nSPS) is 12.4. The molecule has 2 N–H and O–H groups in total. The Bertz CT molecular complexity index is 312. The number of carbonyl (C=O) groups excluding carboxylic acids is 1. The summed E-state index contributed by atoms with van der Waals surface area (Å²) in [5.41, 5.74) is 0. The highest BCUT2D eigenvalue weighted by molar-refractivity contribution is 7.80. The maximum absolute atomic E-state index is 11.6. The topological polar surface area (TPSA) is 69.6 Å². The van der Waals surface area contributed by atoms with Crippen LogP contribution >= 0.6 is 12.6 Å². The highest BCUT2D eigenvalue weighted by Crippen LogP contribution is 2.10. The zero-order valence-electron chi connectivity index (χ0n) is 14.0. The van der Waals surface area contributed by atoms with Crippen molar-refractivity contribution in [3.63, 3.8) is 0 Å². The number of unbranched alkanes of at least 4 members (excludes halogenated alkanes) is 7. The van der Waals surface area contributed by atoms with Crippen LogP contribution in [0, 0.1) is 0 Å². The number of nitrogens with one attached hydrogen (secondary N) is 1. The van der Waals surface area contributed by atoms with Crippen molar-refractivity contribution in [2.24, 2.45) is 0 Å². The van der Waals surface area contributed by atoms with Crippen LogP contribution in [0.15, 0.2) is 0 Å². The minimum atomic E-state index is -1.03. The molecular weight excluding hydrogens is 300 g/mol. The third kappa shape index (κ3) is 13.0. The van der Waals surface area contributed by atoms with Gasteiger partial charge in [-0.15, -0.1) is 0 Å². The number of thiol groups is 1. The molecule has 0 aliphatic carbocycles. The lowest BCUT2D eigenvalue weighted by Gasteiger charge is -2.11. The smallest absolute Gasteiger partial charge is 0.327 e. The van der Waals surface area contributed by atoms with Crippen molar-refractivity contribution in [2.45, 2.75) is 63.8 Å². The molecule has 0 rings (SSSR count). The first kappa shape index (κ1) is 21.2. The molecule has 0 spiro atoms. The Labute approximate surface area is 140 Å². The average molecular weight is 333 g/mol. The lowest BCUT2D eigenvalue weighted by atomic mass is 10.1. The van der Waals surface area contributed by atoms with E-state index in [9.17, 15) is 9.59 Å². The van der Waals surface area contributed by atoms with Gasteiger partial charge >= 0.3 is 5.97 Å². The summed E-state index contributed by atoms with van der Waals surface area (Å²) in [4.78, 5) is 24.5. The lowest BCUT2D eigenvalue weighted by Crippen LogP contribution is -2.42. The maximum atomic E-state index is 11.6. The first-order chi connectivity index (χ1) is 10.5. The summed E-state index contributed by atoms with van der Waals surface area (Å²) >= 11 is 3.91. The average Bonchev–Trinajstić information content (AvgIpc) is 2.46. The van der Waals surface area contributed by atoms with Gasteiger partial charge in [0.2, 0.25) is 5.91 Å². The number of carboxylic acids is 1. The van der Waals surface area contributed by atoms with Gasteiger partial charge in [0.15, 0.2) is 0 Å². The van der Waals surface area contributed by atoms with Gasteiger partial charge in [-0.05, 0) is 33.5 Å². The quantitative estimate of drug-likeness (QED) is 0.338. The highest BCUT2D eigenvalue weighted by Gasteiger charge is 2.17. The number of aliphatic carboxylic acids is 1. The van der Waals surface area contributed by atoms with E-state index < -0.39 is 12.0 Å². The van der Waals surface area contributed by atoms with E-state index in [0.717, 1.165) is 19.3 Å². The minimum Gasteiger partial charge on any atom is -0.480 e. The van der Waals surface area contributed by atoms with E-state index in [4.69, 9.17) is 5.11 Å². The molecule has 0 aliphatic rings. The molecule has 1 amide bonds. The van der Waals surface area contributed by atoms with Crippen LogP contribution in [0.3, 0.4) is 0 Å². The molecule has 5 nitrogen and oxygen atoms in total. The Hall–Kier alpha value is -0.750. The number of carbonyl (C=O) groups is 2. The number of carboxylic acid groups (broad SMARTS) is 1. The molecule has 0 saturated carbocycles. The van der Waals surface area contributed by atoms with Gasteiger partial charge in [-0.2, -0.15) is 12.6 Å². The van der Waals surface area contributed by atoms with Crippen LogP contribution in [-0.4, -0.2) is 54.3 Å². The van der Waals surface area contributed by atoms with Crippen molar-refractivity contribution < 1.29 is 14.7 Å². The van der Waals surface area contributed by atoms with Crippen LogP contribution in [-0.2, 0) is 9.59 Å². The summed E-state index contributed by atoms with van der Waals surface area (Å²) in [5.74, 6) is -1.10. The first-order valence-corrected chi connectivity index (χ1v) is 8.88. The molecule has 0 aromatic heterocycles. The van der Waals surface area contributed by atoms with E-state index in [-0.39, 0.29) is 11.7 Å². The standard InChI is InChI=1S/C16H32N2O3S/c1-18(2)12-10-8-6-4-3-5-7-9-11-15(19)17-14(13-22)16(20)21/h14,22H,3-13H2,1-2H3,(H,17,19)(H,20,21). The van der Waals surface area contributed by atoms with Gasteiger partial charge in [-0.1, -0.05) is 38.5 Å². The fourth-order valence-electron chi connectivity index (χ4n) is 2.23. The van der Waals surface area contributed by atoms with Gasteiger partial charge in [-0.3, -0.25) is 4.79 Å². The van der Waals surface area contributed by atoms with Gasteiger partial charge in [0.05, 0.1) is 0 Å². The Balaban J connectivity index is 3.39. The van der Waals surface area contributed by atoms with Crippen molar-refractivity contribution in [3.05, 3.63) is 0 Å². The molecule has 22 heavy (non-hydrogen) atoms. The Kier molecular flexibility index (Phi) is 13.4. The summed E-state index contributed by atoms with van der Waals surface area (Å²) < 4.78 is 0. The maximum Gasteiger partial charge on any atom is 0.327 e. The monoisotopic (exact) mass is 332 g/mol. The van der Waals surface area contributed by atoms with Crippen molar-refractivity contribution in [3.8, 4) is 0 Å². The Morgan fingerprint density at radius 3 is 1.95 bits per heavy atom. The fraction of sp³-hybridized carbons (Fsp3) is 0.875. The van der Waals surface area contributed by atoms with Crippen LogP contribution in [0.4, 0.5) is 0 Å². The molecule has 0 aromatic carbocycles. The number of hydrogen-bond acceptors (Lipinski definition) is 4. The summed E-state index contributed by atoms with van der Waals surface area (Å²) in [5, 5.41) is 11.3. The number of amides is 1. The van der Waals surface area contributed by atoms with Crippen LogP contribution in [0.1, 0.15) is 57.8 Å². The lowest BCUT2D eigenvalue weighted by molar-refractivity contribution is -0.141. The molecule has 0 saturated heterocycles. The molecule has 0 aromatic rings. The van der Waals surface area contributed by atoms with Crippen molar-refractivity contribution >= 4 is 24.5 Å². The third-order valence-corrected chi connectivity index (χ3v) is 3.94. The van der Waals surface area contributed by atoms with E-state index in [1.54, 1.807) is 0 Å². The zero-order valence-corrected chi connectivity index (χ0v) is 14.9. The van der Waals surface area contributed by atoms with Gasteiger partial charge in [0.1, 0.15) is 6.04 Å². The summed E-state index contributed by atoms with van der Waals surface area (Å²) in [6.45, 7) is 1.17. The Morgan fingerprint density at radius 1 is 1.00 bits per heavy atom. The molecule has 1 unspecified atom stereocenters. The largest absolute Gasteiger partial charge is 0.480 e. The summed E-state index contributed by atoms with van der Waals surface area (Å²) in [7, 11) is 4.20. The number of rotatable bonds is 14. The van der Waals surface area contributed by atoms with E-state index in [2.05, 4.69) is 36.9 Å². The second-order valence-electron chi connectivity index (χ2n) is 6.02.